The van der Waals surface area contributed by atoms with E-state index in [-0.39, 0.29) is 0 Å². The van der Waals surface area contributed by atoms with E-state index in [1.165, 1.54) is 52.2 Å². The van der Waals surface area contributed by atoms with E-state index in [9.17, 15) is 0 Å². The van der Waals surface area contributed by atoms with Gasteiger partial charge in [-0.3, -0.25) is 0 Å². The summed E-state index contributed by atoms with van der Waals surface area (Å²) in [6.07, 6.45) is 1.35. The van der Waals surface area contributed by atoms with Crippen molar-refractivity contribution in [2.75, 3.05) is 52.9 Å². The third kappa shape index (κ3) is 1.52. The summed E-state index contributed by atoms with van der Waals surface area (Å²) in [4.78, 5) is 5.46. The summed E-state index contributed by atoms with van der Waals surface area (Å²) in [5, 5.41) is 3.44. The summed E-state index contributed by atoms with van der Waals surface area (Å²) >= 11 is 0. The van der Waals surface area contributed by atoms with Crippen molar-refractivity contribution in [1.82, 2.24) is 15.1 Å². The lowest BCUT2D eigenvalue weighted by Gasteiger charge is -2.55. The molecule has 0 saturated carbocycles. The first-order valence-electron chi connectivity index (χ1n) is 6.87. The zero-order valence-electron chi connectivity index (χ0n) is 10.7. The monoisotopic (exact) mass is 223 g/mol. The Morgan fingerprint density at radius 1 is 1.19 bits per heavy atom. The van der Waals surface area contributed by atoms with Crippen molar-refractivity contribution in [3.8, 4) is 0 Å². The minimum atomic E-state index is 0.584. The number of piperidine rings is 2. The molecule has 4 heterocycles. The number of nitrogens with one attached hydrogen (secondary N) is 1. The molecule has 4 rings (SSSR count). The molecule has 4 bridgehead atoms. The van der Waals surface area contributed by atoms with Crippen LogP contribution in [0.25, 0.3) is 0 Å². The molecule has 4 aliphatic heterocycles. The highest BCUT2D eigenvalue weighted by molar-refractivity contribution is 5.05. The van der Waals surface area contributed by atoms with Gasteiger partial charge in [0.25, 0.3) is 0 Å². The summed E-state index contributed by atoms with van der Waals surface area (Å²) in [5.41, 5.74) is 0.584. The highest BCUT2D eigenvalue weighted by atomic mass is 15.3. The van der Waals surface area contributed by atoms with Crippen LogP contribution in [0.15, 0.2) is 0 Å². The molecule has 92 valence electrons. The zero-order chi connectivity index (χ0) is 11.2. The summed E-state index contributed by atoms with van der Waals surface area (Å²) in [5.74, 6) is 1.82. The van der Waals surface area contributed by atoms with E-state index in [0.717, 1.165) is 11.8 Å². The van der Waals surface area contributed by atoms with E-state index < -0.39 is 0 Å². The zero-order valence-corrected chi connectivity index (χ0v) is 10.7. The number of hydrogen-bond donors (Lipinski definition) is 1. The Kier molecular flexibility index (Phi) is 2.73. The van der Waals surface area contributed by atoms with Crippen molar-refractivity contribution < 1.29 is 0 Å². The van der Waals surface area contributed by atoms with Crippen molar-refractivity contribution in [3.63, 3.8) is 0 Å². The van der Waals surface area contributed by atoms with E-state index in [1.807, 2.05) is 0 Å². The smallest absolute Gasteiger partial charge is 0.0110 e. The van der Waals surface area contributed by atoms with Crippen molar-refractivity contribution in [1.29, 1.82) is 0 Å². The van der Waals surface area contributed by atoms with E-state index in [4.69, 9.17) is 0 Å². The third-order valence-electron chi connectivity index (χ3n) is 5.28. The second kappa shape index (κ2) is 3.97. The van der Waals surface area contributed by atoms with Crippen LogP contribution in [0.1, 0.15) is 13.3 Å². The first kappa shape index (κ1) is 11.0. The van der Waals surface area contributed by atoms with Crippen LogP contribution in [0.3, 0.4) is 0 Å². The SMILES string of the molecule is CCC12CN3CCN(CC(C3)C1CNC)C2. The summed E-state index contributed by atoms with van der Waals surface area (Å²) < 4.78 is 0. The van der Waals surface area contributed by atoms with Gasteiger partial charge >= 0.3 is 0 Å². The molecule has 4 saturated heterocycles. The van der Waals surface area contributed by atoms with Crippen molar-refractivity contribution >= 4 is 0 Å². The molecular weight excluding hydrogens is 198 g/mol. The van der Waals surface area contributed by atoms with Gasteiger partial charge in [-0.1, -0.05) is 6.92 Å². The highest BCUT2D eigenvalue weighted by Crippen LogP contribution is 2.46. The molecular formula is C13H25N3. The Balaban J connectivity index is 1.91. The van der Waals surface area contributed by atoms with Gasteiger partial charge in [-0.05, 0) is 37.3 Å². The van der Waals surface area contributed by atoms with E-state index in [1.54, 1.807) is 0 Å². The minimum Gasteiger partial charge on any atom is -0.319 e. The first-order chi connectivity index (χ1) is 7.77. The normalized spacial score (nSPS) is 50.6. The molecule has 3 unspecified atom stereocenters. The lowest BCUT2D eigenvalue weighted by Crippen LogP contribution is -2.62. The van der Waals surface area contributed by atoms with Crippen LogP contribution in [-0.4, -0.2) is 62.7 Å². The molecule has 0 aliphatic carbocycles. The van der Waals surface area contributed by atoms with Gasteiger partial charge in [0.1, 0.15) is 0 Å². The average Bonchev–Trinajstić information content (AvgIpc) is 2.52. The largest absolute Gasteiger partial charge is 0.319 e. The number of fused-ring (bicyclic) bond motifs is 1. The van der Waals surface area contributed by atoms with Crippen LogP contribution in [0.5, 0.6) is 0 Å². The molecule has 0 aromatic heterocycles. The molecule has 0 amide bonds. The maximum Gasteiger partial charge on any atom is 0.0110 e. The lowest BCUT2D eigenvalue weighted by molar-refractivity contribution is -0.0590. The van der Waals surface area contributed by atoms with Gasteiger partial charge in [0.15, 0.2) is 0 Å². The molecule has 3 nitrogen and oxygen atoms in total. The Morgan fingerprint density at radius 2 is 1.81 bits per heavy atom. The van der Waals surface area contributed by atoms with Crippen LogP contribution in [0, 0.1) is 17.3 Å². The molecule has 0 aromatic rings. The second-order valence-electron chi connectivity index (χ2n) is 6.11. The second-order valence-corrected chi connectivity index (χ2v) is 6.11. The summed E-state index contributed by atoms with van der Waals surface area (Å²) in [6.45, 7) is 11.6. The van der Waals surface area contributed by atoms with Crippen LogP contribution >= 0.6 is 0 Å². The van der Waals surface area contributed by atoms with Crippen molar-refractivity contribution in [2.45, 2.75) is 13.3 Å². The van der Waals surface area contributed by atoms with Gasteiger partial charge in [-0.2, -0.15) is 0 Å². The van der Waals surface area contributed by atoms with Gasteiger partial charge in [0.2, 0.25) is 0 Å². The fraction of sp³-hybridized carbons (Fsp3) is 1.00. The predicted molar refractivity (Wildman–Crippen MR) is 66.5 cm³/mol. The van der Waals surface area contributed by atoms with Crippen LogP contribution < -0.4 is 5.32 Å². The summed E-state index contributed by atoms with van der Waals surface area (Å²) in [7, 11) is 2.11. The molecule has 3 atom stereocenters. The molecule has 0 spiro atoms. The Bertz CT molecular complexity index is 250. The van der Waals surface area contributed by atoms with Gasteiger partial charge in [0, 0.05) is 39.3 Å². The minimum absolute atomic E-state index is 0.584. The molecule has 16 heavy (non-hydrogen) atoms. The van der Waals surface area contributed by atoms with Crippen molar-refractivity contribution in [2.24, 2.45) is 17.3 Å². The van der Waals surface area contributed by atoms with E-state index >= 15 is 0 Å². The van der Waals surface area contributed by atoms with E-state index in [0.29, 0.717) is 5.41 Å². The van der Waals surface area contributed by atoms with Gasteiger partial charge in [0.05, 0.1) is 0 Å². The van der Waals surface area contributed by atoms with Gasteiger partial charge in [-0.25, -0.2) is 0 Å². The first-order valence-corrected chi connectivity index (χ1v) is 6.87. The standard InChI is InChI=1S/C13H25N3/c1-3-13-9-15-4-5-16(10-13)8-11(7-15)12(13)6-14-2/h11-12,14H,3-10H2,1-2H3. The van der Waals surface area contributed by atoms with E-state index in [2.05, 4.69) is 29.1 Å². The predicted octanol–water partition coefficient (Wildman–Crippen LogP) is 0.479. The van der Waals surface area contributed by atoms with Crippen molar-refractivity contribution in [3.05, 3.63) is 0 Å². The molecule has 0 aromatic carbocycles. The quantitative estimate of drug-likeness (QED) is 0.751. The van der Waals surface area contributed by atoms with Crippen LogP contribution in [0.2, 0.25) is 0 Å². The molecule has 1 N–H and O–H groups in total. The molecule has 4 aliphatic rings. The van der Waals surface area contributed by atoms with Crippen LogP contribution in [0.4, 0.5) is 0 Å². The number of rotatable bonds is 3. The summed E-state index contributed by atoms with van der Waals surface area (Å²) in [6, 6.07) is 0. The maximum absolute atomic E-state index is 3.44. The molecule has 4 fully saturated rings. The topological polar surface area (TPSA) is 18.5 Å². The fourth-order valence-electron chi connectivity index (χ4n) is 4.49. The average molecular weight is 223 g/mol. The Hall–Kier alpha value is -0.120. The number of nitrogens with zero attached hydrogens (tertiary/aromatic N) is 2. The molecule has 3 heteroatoms. The van der Waals surface area contributed by atoms with Gasteiger partial charge in [-0.15, -0.1) is 0 Å². The number of hydrogen-bond acceptors (Lipinski definition) is 3. The Morgan fingerprint density at radius 3 is 2.31 bits per heavy atom. The van der Waals surface area contributed by atoms with Crippen LogP contribution in [-0.2, 0) is 0 Å². The fourth-order valence-corrected chi connectivity index (χ4v) is 4.49. The maximum atomic E-state index is 3.44. The highest BCUT2D eigenvalue weighted by Gasteiger charge is 2.52. The lowest BCUT2D eigenvalue weighted by atomic mass is 9.62. The van der Waals surface area contributed by atoms with Gasteiger partial charge < -0.3 is 15.1 Å². The Labute approximate surface area is 99.2 Å². The molecule has 0 radical (unpaired) electrons. The third-order valence-corrected chi connectivity index (χ3v) is 5.28.